The fraction of sp³-hybridized carbons (Fsp3) is 0.836. The molecule has 1 aliphatic heterocycles. The summed E-state index contributed by atoms with van der Waals surface area (Å²) in [6.07, 6.45) is 72.2. The quantitative estimate of drug-likeness (QED) is 0.0195. The fourth-order valence-electron chi connectivity index (χ4n) is 11.0. The monoisotopic (exact) mass is 1180 g/mol. The van der Waals surface area contributed by atoms with Crippen LogP contribution in [0.1, 0.15) is 328 Å². The number of nitrogens with one attached hydrogen (secondary N) is 1. The summed E-state index contributed by atoms with van der Waals surface area (Å²) in [7, 11) is 0. The van der Waals surface area contributed by atoms with E-state index in [0.29, 0.717) is 19.4 Å². The van der Waals surface area contributed by atoms with Crippen molar-refractivity contribution in [2.24, 2.45) is 0 Å². The van der Waals surface area contributed by atoms with Crippen LogP contribution in [0.3, 0.4) is 0 Å². The van der Waals surface area contributed by atoms with Crippen molar-refractivity contribution >= 4 is 11.9 Å². The van der Waals surface area contributed by atoms with E-state index in [-0.39, 0.29) is 18.5 Å². The first kappa shape index (κ1) is 79.4. The number of esters is 1. The summed E-state index contributed by atoms with van der Waals surface area (Å²) in [4.78, 5) is 25.1. The third-order valence-electron chi connectivity index (χ3n) is 16.6. The molecule has 7 atom stereocenters. The Labute approximate surface area is 516 Å². The molecular formula is C73H133NO10. The van der Waals surface area contributed by atoms with Crippen LogP contribution in [0.15, 0.2) is 60.8 Å². The van der Waals surface area contributed by atoms with Crippen LogP contribution in [0.4, 0.5) is 0 Å². The summed E-state index contributed by atoms with van der Waals surface area (Å²) in [6.45, 7) is 4.31. The average molecular weight is 1180 g/mol. The second-order valence-electron chi connectivity index (χ2n) is 24.6. The normalized spacial score (nSPS) is 18.4. The van der Waals surface area contributed by atoms with Crippen LogP contribution in [0.5, 0.6) is 0 Å². The Balaban J connectivity index is 1.93. The second kappa shape index (κ2) is 62.0. The minimum atomic E-state index is -1.57. The molecule has 0 aliphatic carbocycles. The molecule has 0 spiro atoms. The van der Waals surface area contributed by atoms with Crippen molar-refractivity contribution in [1.29, 1.82) is 0 Å². The van der Waals surface area contributed by atoms with Gasteiger partial charge < -0.3 is 45.1 Å². The van der Waals surface area contributed by atoms with Crippen molar-refractivity contribution in [3.05, 3.63) is 60.8 Å². The predicted octanol–water partition coefficient (Wildman–Crippen LogP) is 18.1. The van der Waals surface area contributed by atoms with Gasteiger partial charge in [0.1, 0.15) is 24.4 Å². The summed E-state index contributed by atoms with van der Waals surface area (Å²) in [5.74, 6) is -0.189. The van der Waals surface area contributed by atoms with Gasteiger partial charge in [0.15, 0.2) is 6.29 Å². The first-order chi connectivity index (χ1) is 41.2. The molecule has 11 nitrogen and oxygen atoms in total. The molecule has 490 valence electrons. The van der Waals surface area contributed by atoms with Gasteiger partial charge in [-0.1, -0.05) is 280 Å². The highest BCUT2D eigenvalue weighted by Gasteiger charge is 2.44. The molecule has 0 aromatic carbocycles. The Morgan fingerprint density at radius 2 is 0.798 bits per heavy atom. The van der Waals surface area contributed by atoms with Crippen LogP contribution in [-0.2, 0) is 23.8 Å². The van der Waals surface area contributed by atoms with Gasteiger partial charge in [-0.15, -0.1) is 0 Å². The maximum Gasteiger partial charge on any atom is 0.305 e. The topological polar surface area (TPSA) is 175 Å². The zero-order valence-corrected chi connectivity index (χ0v) is 54.4. The van der Waals surface area contributed by atoms with Crippen molar-refractivity contribution in [2.75, 3.05) is 19.8 Å². The van der Waals surface area contributed by atoms with Crippen molar-refractivity contribution < 1.29 is 49.3 Å². The first-order valence-electron chi connectivity index (χ1n) is 35.6. The summed E-state index contributed by atoms with van der Waals surface area (Å²) >= 11 is 0. The number of aliphatic hydroxyl groups excluding tert-OH is 5. The fourth-order valence-corrected chi connectivity index (χ4v) is 11.0. The molecule has 11 heteroatoms. The lowest BCUT2D eigenvalue weighted by atomic mass is 9.99. The lowest BCUT2D eigenvalue weighted by Gasteiger charge is -2.40. The molecule has 1 fully saturated rings. The summed E-state index contributed by atoms with van der Waals surface area (Å²) in [5, 5.41) is 54.3. The molecule has 0 aromatic heterocycles. The molecule has 1 aliphatic rings. The van der Waals surface area contributed by atoms with Crippen LogP contribution in [0.25, 0.3) is 0 Å². The van der Waals surface area contributed by atoms with E-state index in [1.807, 2.05) is 6.08 Å². The van der Waals surface area contributed by atoms with Gasteiger partial charge in [0.05, 0.1) is 32.0 Å². The van der Waals surface area contributed by atoms with Crippen molar-refractivity contribution in [2.45, 2.75) is 371 Å². The van der Waals surface area contributed by atoms with Gasteiger partial charge in [-0.25, -0.2) is 0 Å². The maximum atomic E-state index is 13.0. The average Bonchev–Trinajstić information content (AvgIpc) is 3.69. The summed E-state index contributed by atoms with van der Waals surface area (Å²) in [5.41, 5.74) is 0. The number of hydrogen-bond acceptors (Lipinski definition) is 10. The van der Waals surface area contributed by atoms with Gasteiger partial charge in [-0.3, -0.25) is 9.59 Å². The third kappa shape index (κ3) is 50.4. The number of aliphatic hydroxyl groups is 5. The summed E-state index contributed by atoms with van der Waals surface area (Å²) in [6, 6.07) is -0.810. The summed E-state index contributed by atoms with van der Waals surface area (Å²) < 4.78 is 16.7. The molecule has 1 amide bonds. The molecule has 0 radical (unpaired) electrons. The molecule has 0 bridgehead atoms. The molecule has 1 rings (SSSR count). The van der Waals surface area contributed by atoms with Crippen molar-refractivity contribution in [1.82, 2.24) is 5.32 Å². The van der Waals surface area contributed by atoms with Crippen molar-refractivity contribution in [3.63, 3.8) is 0 Å². The molecule has 0 saturated carbocycles. The zero-order valence-electron chi connectivity index (χ0n) is 54.4. The molecule has 84 heavy (non-hydrogen) atoms. The number of amides is 1. The van der Waals surface area contributed by atoms with E-state index in [1.165, 1.54) is 231 Å². The van der Waals surface area contributed by atoms with E-state index in [4.69, 9.17) is 14.2 Å². The first-order valence-corrected chi connectivity index (χ1v) is 35.6. The van der Waals surface area contributed by atoms with Crippen molar-refractivity contribution in [3.8, 4) is 0 Å². The van der Waals surface area contributed by atoms with Crippen LogP contribution >= 0.6 is 0 Å². The SMILES string of the molecule is CCCCCC/C=C\C/C=C\CCCCCCCCCC(=O)OCCCCCCCCCCC/C=C\C/C=C\CCCCCCCCCCCCCCCC(=O)NC(COC1OC(CO)C(O)C(O)C1O)C(O)/C=C/CCCCCCCCC. The number of ether oxygens (including phenoxy) is 3. The van der Waals surface area contributed by atoms with E-state index < -0.39 is 49.5 Å². The number of carbonyl (C=O) groups excluding carboxylic acids is 2. The van der Waals surface area contributed by atoms with Gasteiger partial charge in [-0.2, -0.15) is 0 Å². The van der Waals surface area contributed by atoms with E-state index >= 15 is 0 Å². The number of unbranched alkanes of at least 4 members (excludes halogenated alkanes) is 40. The highest BCUT2D eigenvalue weighted by Crippen LogP contribution is 2.23. The Morgan fingerprint density at radius 3 is 1.21 bits per heavy atom. The smallest absolute Gasteiger partial charge is 0.305 e. The third-order valence-corrected chi connectivity index (χ3v) is 16.6. The Kier molecular flexibility index (Phi) is 58.6. The number of rotatable bonds is 62. The zero-order chi connectivity index (χ0) is 60.9. The number of allylic oxidation sites excluding steroid dienone is 9. The lowest BCUT2D eigenvalue weighted by Crippen LogP contribution is -2.60. The molecule has 1 saturated heterocycles. The van der Waals surface area contributed by atoms with Crippen LogP contribution in [0.2, 0.25) is 0 Å². The number of hydrogen-bond donors (Lipinski definition) is 6. The highest BCUT2D eigenvalue weighted by atomic mass is 16.7. The van der Waals surface area contributed by atoms with E-state index in [2.05, 4.69) is 67.8 Å². The second-order valence-corrected chi connectivity index (χ2v) is 24.6. The minimum absolute atomic E-state index is 0.00430. The standard InChI is InChI=1S/C73H133NO10/c1-3-5-7-9-11-13-14-15-16-17-32-35-38-41-45-49-53-57-61-69(78)82-62-58-54-50-46-42-39-36-33-30-28-26-24-22-20-18-19-21-23-25-27-29-31-34-37-40-44-48-52-56-60-68(77)74-65(66(76)59-55-51-47-43-12-10-8-6-4-2)64-83-73-72(81)71(80)70(79)67(63-75)84-73/h13-14,16-18,20,24,26,55,59,65-67,70-73,75-76,79-81H,3-12,15,19,21-23,25,27-54,56-58,60-64H2,1-2H3,(H,74,77)/b14-13-,17-16-,20-18-,26-24-,59-55+. The molecular weight excluding hydrogens is 1050 g/mol. The van der Waals surface area contributed by atoms with E-state index in [9.17, 15) is 35.1 Å². The minimum Gasteiger partial charge on any atom is -0.466 e. The molecule has 1 heterocycles. The Bertz CT molecular complexity index is 1580. The van der Waals surface area contributed by atoms with Crippen LogP contribution < -0.4 is 5.32 Å². The van der Waals surface area contributed by atoms with Gasteiger partial charge in [0.25, 0.3) is 0 Å². The van der Waals surface area contributed by atoms with Crippen LogP contribution in [-0.4, -0.2) is 100 Å². The van der Waals surface area contributed by atoms with Gasteiger partial charge in [0, 0.05) is 12.8 Å². The molecule has 0 aromatic rings. The maximum absolute atomic E-state index is 13.0. The number of carbonyl (C=O) groups is 2. The van der Waals surface area contributed by atoms with E-state index in [0.717, 1.165) is 70.6 Å². The highest BCUT2D eigenvalue weighted by molar-refractivity contribution is 5.76. The van der Waals surface area contributed by atoms with Gasteiger partial charge in [-0.05, 0) is 96.3 Å². The molecule has 7 unspecified atom stereocenters. The Hall–Kier alpha value is -2.64. The Morgan fingerprint density at radius 1 is 0.440 bits per heavy atom. The molecule has 6 N–H and O–H groups in total. The van der Waals surface area contributed by atoms with E-state index in [1.54, 1.807) is 6.08 Å². The largest absolute Gasteiger partial charge is 0.466 e. The lowest BCUT2D eigenvalue weighted by molar-refractivity contribution is -0.302. The van der Waals surface area contributed by atoms with Crippen LogP contribution in [0, 0.1) is 0 Å². The van der Waals surface area contributed by atoms with Gasteiger partial charge in [0.2, 0.25) is 5.91 Å². The van der Waals surface area contributed by atoms with Gasteiger partial charge >= 0.3 is 5.97 Å². The predicted molar refractivity (Wildman–Crippen MR) is 352 cm³/mol.